The molecule has 0 aliphatic carbocycles. The van der Waals surface area contributed by atoms with Gasteiger partial charge >= 0.3 is 0 Å². The zero-order chi connectivity index (χ0) is 20.5. The van der Waals surface area contributed by atoms with Crippen molar-refractivity contribution >= 4 is 45.8 Å². The van der Waals surface area contributed by atoms with E-state index in [2.05, 4.69) is 5.32 Å². The fraction of sp³-hybridized carbons (Fsp3) is 0.0909. The first kappa shape index (κ1) is 18.9. The summed E-state index contributed by atoms with van der Waals surface area (Å²) >= 11 is 1.37. The number of anilines is 3. The topological polar surface area (TPSA) is 52.6 Å². The highest BCUT2D eigenvalue weighted by molar-refractivity contribution is 7.11. The molecule has 1 N–H and O–H groups in total. The molecule has 0 saturated heterocycles. The molecule has 1 aliphatic heterocycles. The van der Waals surface area contributed by atoms with Gasteiger partial charge in [-0.05, 0) is 47.8 Å². The van der Waals surface area contributed by atoms with Crippen molar-refractivity contribution in [3.05, 3.63) is 82.4 Å². The predicted octanol–water partition coefficient (Wildman–Crippen LogP) is 4.35. The van der Waals surface area contributed by atoms with Crippen LogP contribution in [0, 0.1) is 5.82 Å². The molecule has 2 aromatic carbocycles. The molecule has 5 nitrogen and oxygen atoms in total. The zero-order valence-electron chi connectivity index (χ0n) is 15.8. The van der Waals surface area contributed by atoms with E-state index in [0.29, 0.717) is 16.3 Å². The first-order valence-electron chi connectivity index (χ1n) is 8.92. The van der Waals surface area contributed by atoms with Gasteiger partial charge in [0.05, 0.1) is 11.3 Å². The van der Waals surface area contributed by atoms with Gasteiger partial charge in [0.15, 0.2) is 0 Å². The van der Waals surface area contributed by atoms with Gasteiger partial charge in [0.25, 0.3) is 11.8 Å². The van der Waals surface area contributed by atoms with E-state index in [9.17, 15) is 14.0 Å². The molecule has 0 unspecified atom stereocenters. The Balaban J connectivity index is 1.79. The summed E-state index contributed by atoms with van der Waals surface area (Å²) in [6, 6.07) is 16.6. The van der Waals surface area contributed by atoms with Crippen LogP contribution in [-0.4, -0.2) is 25.9 Å². The van der Waals surface area contributed by atoms with Crippen molar-refractivity contribution in [2.24, 2.45) is 0 Å². The Morgan fingerprint density at radius 1 is 0.966 bits per heavy atom. The molecule has 7 heteroatoms. The van der Waals surface area contributed by atoms with Gasteiger partial charge in [0.1, 0.15) is 11.5 Å². The number of imide groups is 1. The summed E-state index contributed by atoms with van der Waals surface area (Å²) in [7, 11) is 3.78. The number of halogens is 1. The lowest BCUT2D eigenvalue weighted by atomic mass is 10.2. The monoisotopic (exact) mass is 407 g/mol. The molecule has 0 fully saturated rings. The second kappa shape index (κ2) is 7.52. The van der Waals surface area contributed by atoms with Crippen LogP contribution in [0.5, 0.6) is 0 Å². The van der Waals surface area contributed by atoms with Gasteiger partial charge in [-0.15, -0.1) is 11.3 Å². The van der Waals surface area contributed by atoms with Gasteiger partial charge in [-0.1, -0.05) is 18.2 Å². The maximum Gasteiger partial charge on any atom is 0.282 e. The lowest BCUT2D eigenvalue weighted by Crippen LogP contribution is -2.32. The fourth-order valence-electron chi connectivity index (χ4n) is 3.15. The quantitative estimate of drug-likeness (QED) is 0.639. The van der Waals surface area contributed by atoms with Gasteiger partial charge in [-0.25, -0.2) is 9.29 Å². The van der Waals surface area contributed by atoms with E-state index >= 15 is 0 Å². The van der Waals surface area contributed by atoms with Crippen molar-refractivity contribution < 1.29 is 14.0 Å². The largest absolute Gasteiger partial charge is 0.378 e. The van der Waals surface area contributed by atoms with Crippen molar-refractivity contribution in [3.63, 3.8) is 0 Å². The Bertz CT molecular complexity index is 1120. The Hall–Kier alpha value is -3.45. The van der Waals surface area contributed by atoms with Crippen LogP contribution in [0.3, 0.4) is 0 Å². The van der Waals surface area contributed by atoms with Crippen molar-refractivity contribution in [3.8, 4) is 0 Å². The van der Waals surface area contributed by atoms with Crippen LogP contribution < -0.4 is 15.1 Å². The van der Waals surface area contributed by atoms with Crippen molar-refractivity contribution in [1.29, 1.82) is 0 Å². The first-order valence-corrected chi connectivity index (χ1v) is 9.80. The molecule has 4 rings (SSSR count). The normalized spacial score (nSPS) is 14.0. The zero-order valence-corrected chi connectivity index (χ0v) is 16.7. The number of benzene rings is 2. The summed E-state index contributed by atoms with van der Waals surface area (Å²) in [6.45, 7) is 0. The number of nitrogens with zero attached hydrogens (tertiary/aromatic N) is 2. The van der Waals surface area contributed by atoms with Gasteiger partial charge < -0.3 is 10.2 Å². The summed E-state index contributed by atoms with van der Waals surface area (Å²) in [5.41, 5.74) is 2.17. The number of amides is 2. The van der Waals surface area contributed by atoms with Gasteiger partial charge in [0.2, 0.25) is 0 Å². The number of hydrogen-bond acceptors (Lipinski definition) is 5. The molecule has 2 amide bonds. The van der Waals surface area contributed by atoms with Crippen LogP contribution in [-0.2, 0) is 9.59 Å². The van der Waals surface area contributed by atoms with E-state index in [1.54, 1.807) is 36.4 Å². The minimum Gasteiger partial charge on any atom is -0.378 e. The number of carbonyl (C=O) groups is 2. The SMILES string of the molecule is CN(C)c1cccc(N2C(=O)C(Nc3cccc(F)c3)=C(c3cccs3)C2=O)c1. The van der Waals surface area contributed by atoms with Gasteiger partial charge in [-0.3, -0.25) is 9.59 Å². The first-order chi connectivity index (χ1) is 14.0. The molecule has 0 saturated carbocycles. The molecule has 1 aromatic heterocycles. The smallest absolute Gasteiger partial charge is 0.282 e. The lowest BCUT2D eigenvalue weighted by Gasteiger charge is -2.19. The van der Waals surface area contributed by atoms with E-state index in [1.807, 2.05) is 36.5 Å². The molecule has 146 valence electrons. The van der Waals surface area contributed by atoms with E-state index in [1.165, 1.54) is 23.5 Å². The third-order valence-corrected chi connectivity index (χ3v) is 5.44. The molecular formula is C22H18FN3O2S. The predicted molar refractivity (Wildman–Crippen MR) is 115 cm³/mol. The van der Waals surface area contributed by atoms with Gasteiger partial charge in [0, 0.05) is 30.3 Å². The van der Waals surface area contributed by atoms with Crippen molar-refractivity contribution in [2.75, 3.05) is 29.2 Å². The average molecular weight is 407 g/mol. The average Bonchev–Trinajstić information content (AvgIpc) is 3.29. The van der Waals surface area contributed by atoms with Crippen LogP contribution in [0.4, 0.5) is 21.5 Å². The maximum atomic E-state index is 13.6. The second-order valence-corrected chi connectivity index (χ2v) is 7.67. The number of nitrogens with one attached hydrogen (secondary N) is 1. The third-order valence-electron chi connectivity index (χ3n) is 4.55. The van der Waals surface area contributed by atoms with E-state index in [-0.39, 0.29) is 11.3 Å². The number of thiophene rings is 1. The van der Waals surface area contributed by atoms with Gasteiger partial charge in [-0.2, -0.15) is 0 Å². The maximum absolute atomic E-state index is 13.6. The van der Waals surface area contributed by atoms with Crippen LogP contribution in [0.15, 0.2) is 71.7 Å². The van der Waals surface area contributed by atoms with Crippen LogP contribution >= 0.6 is 11.3 Å². The highest BCUT2D eigenvalue weighted by atomic mass is 32.1. The minimum atomic E-state index is -0.474. The lowest BCUT2D eigenvalue weighted by molar-refractivity contribution is -0.120. The summed E-state index contributed by atoms with van der Waals surface area (Å²) < 4.78 is 13.6. The Morgan fingerprint density at radius 2 is 1.76 bits per heavy atom. The van der Waals surface area contributed by atoms with E-state index in [4.69, 9.17) is 0 Å². The Kier molecular flexibility index (Phi) is 4.90. The molecule has 0 bridgehead atoms. The number of hydrogen-bond donors (Lipinski definition) is 1. The highest BCUT2D eigenvalue weighted by Gasteiger charge is 2.40. The number of rotatable bonds is 5. The summed E-state index contributed by atoms with van der Waals surface area (Å²) in [4.78, 5) is 30.3. The minimum absolute atomic E-state index is 0.137. The molecule has 3 aromatic rings. The molecule has 0 atom stereocenters. The fourth-order valence-corrected chi connectivity index (χ4v) is 3.92. The molecule has 29 heavy (non-hydrogen) atoms. The molecule has 2 heterocycles. The van der Waals surface area contributed by atoms with Crippen molar-refractivity contribution in [1.82, 2.24) is 0 Å². The molecule has 1 aliphatic rings. The molecule has 0 radical (unpaired) electrons. The summed E-state index contributed by atoms with van der Waals surface area (Å²) in [6.07, 6.45) is 0. The van der Waals surface area contributed by atoms with Crippen molar-refractivity contribution in [2.45, 2.75) is 0 Å². The van der Waals surface area contributed by atoms with Crippen LogP contribution in [0.1, 0.15) is 4.88 Å². The standard InChI is InChI=1S/C22H18FN3O2S/c1-25(2)16-8-4-9-17(13-16)26-21(27)19(18-10-5-11-29-18)20(22(26)28)24-15-7-3-6-14(23)12-15/h3-13,24H,1-2H3. The van der Waals surface area contributed by atoms with Crippen LogP contribution in [0.25, 0.3) is 5.57 Å². The summed E-state index contributed by atoms with van der Waals surface area (Å²) in [5, 5.41) is 4.80. The number of carbonyl (C=O) groups excluding carboxylic acids is 2. The Labute approximate surface area is 171 Å². The van der Waals surface area contributed by atoms with E-state index < -0.39 is 17.6 Å². The third kappa shape index (κ3) is 3.52. The van der Waals surface area contributed by atoms with E-state index in [0.717, 1.165) is 10.6 Å². The van der Waals surface area contributed by atoms with Crippen LogP contribution in [0.2, 0.25) is 0 Å². The Morgan fingerprint density at radius 3 is 2.45 bits per heavy atom. The highest BCUT2D eigenvalue weighted by Crippen LogP contribution is 2.36. The molecule has 0 spiro atoms. The summed E-state index contributed by atoms with van der Waals surface area (Å²) in [5.74, 6) is -1.31. The molecular weight excluding hydrogens is 389 g/mol. The second-order valence-electron chi connectivity index (χ2n) is 6.72.